The normalized spacial score (nSPS) is 11.5. The van der Waals surface area contributed by atoms with Crippen LogP contribution in [0.25, 0.3) is 22.6 Å². The molecule has 1 amide bonds. The summed E-state index contributed by atoms with van der Waals surface area (Å²) in [6.45, 7) is 6.22. The van der Waals surface area contributed by atoms with Gasteiger partial charge in [-0.05, 0) is 72.5 Å². The molecule has 5 nitrogen and oxygen atoms in total. The van der Waals surface area contributed by atoms with Gasteiger partial charge in [0.05, 0.1) is 5.56 Å². The van der Waals surface area contributed by atoms with E-state index < -0.39 is 11.7 Å². The Labute approximate surface area is 201 Å². The summed E-state index contributed by atoms with van der Waals surface area (Å²) in [5, 5.41) is 7.95. The fraction of sp³-hybridized carbons (Fsp3) is 0.222. The highest BCUT2D eigenvalue weighted by Crippen LogP contribution is 2.30. The van der Waals surface area contributed by atoms with Gasteiger partial charge in [-0.3, -0.25) is 4.79 Å². The zero-order valence-electron chi connectivity index (χ0n) is 19.6. The van der Waals surface area contributed by atoms with Gasteiger partial charge in [-0.15, -0.1) is 10.2 Å². The molecule has 0 unspecified atom stereocenters. The first-order valence-electron chi connectivity index (χ1n) is 11.1. The van der Waals surface area contributed by atoms with E-state index >= 15 is 0 Å². The predicted octanol–water partition coefficient (Wildman–Crippen LogP) is 6.70. The van der Waals surface area contributed by atoms with E-state index in [1.807, 2.05) is 44.2 Å². The number of carbonyl (C=O) groups is 1. The summed E-state index contributed by atoms with van der Waals surface area (Å²) >= 11 is 0. The van der Waals surface area contributed by atoms with Crippen molar-refractivity contribution >= 4 is 5.91 Å². The van der Waals surface area contributed by atoms with Crippen molar-refractivity contribution in [2.75, 3.05) is 6.54 Å². The fourth-order valence-electron chi connectivity index (χ4n) is 3.80. The maximum Gasteiger partial charge on any atom is 0.416 e. The number of hydrogen-bond donors (Lipinski definition) is 0. The molecule has 0 atom stereocenters. The Hall–Kier alpha value is -3.94. The molecule has 0 aliphatic heterocycles. The molecule has 3 aromatic carbocycles. The minimum absolute atomic E-state index is 0.189. The van der Waals surface area contributed by atoms with E-state index in [0.717, 1.165) is 34.4 Å². The number of aryl methyl sites for hydroxylation is 2. The van der Waals surface area contributed by atoms with Gasteiger partial charge in [-0.2, -0.15) is 13.2 Å². The molecule has 8 heteroatoms. The Bertz CT molecular complexity index is 1330. The molecule has 0 aliphatic rings. The highest BCUT2D eigenvalue weighted by molar-refractivity contribution is 5.94. The second-order valence-electron chi connectivity index (χ2n) is 8.25. The molecule has 0 saturated heterocycles. The van der Waals surface area contributed by atoms with Gasteiger partial charge in [0.2, 0.25) is 11.8 Å². The van der Waals surface area contributed by atoms with Crippen LogP contribution in [0.1, 0.15) is 39.9 Å². The first-order valence-corrected chi connectivity index (χ1v) is 11.1. The molecular weight excluding hydrogens is 455 g/mol. The molecule has 180 valence electrons. The van der Waals surface area contributed by atoms with E-state index in [-0.39, 0.29) is 12.5 Å². The van der Waals surface area contributed by atoms with Crippen molar-refractivity contribution in [3.63, 3.8) is 0 Å². The predicted molar refractivity (Wildman–Crippen MR) is 127 cm³/mol. The van der Waals surface area contributed by atoms with Gasteiger partial charge < -0.3 is 9.32 Å². The summed E-state index contributed by atoms with van der Waals surface area (Å²) in [5.74, 6) is 0.741. The number of aromatic nitrogens is 2. The first kappa shape index (κ1) is 24.2. The Kier molecular flexibility index (Phi) is 6.73. The topological polar surface area (TPSA) is 59.2 Å². The van der Waals surface area contributed by atoms with Crippen molar-refractivity contribution in [3.8, 4) is 22.6 Å². The molecule has 0 spiro atoms. The summed E-state index contributed by atoms with van der Waals surface area (Å²) in [6, 6.07) is 18.0. The molecule has 0 fully saturated rings. The van der Waals surface area contributed by atoms with Crippen molar-refractivity contribution in [1.29, 1.82) is 0 Å². The van der Waals surface area contributed by atoms with E-state index in [1.165, 1.54) is 12.1 Å². The molecule has 1 aromatic heterocycles. The zero-order chi connectivity index (χ0) is 25.2. The lowest BCUT2D eigenvalue weighted by atomic mass is 9.97. The van der Waals surface area contributed by atoms with Crippen molar-refractivity contribution in [2.45, 2.75) is 33.5 Å². The standard InChI is InChI=1S/C27H24F3N3O2/c1-4-33(16-19-6-13-23(14-7-19)27(28,29)30)26(34)21-11-9-20(10-12-21)24-15-22(8-5-17(24)2)25-32-31-18(3)35-25/h5-15H,4,16H2,1-3H3. The van der Waals surface area contributed by atoms with E-state index in [0.29, 0.717) is 29.5 Å². The monoisotopic (exact) mass is 479 g/mol. The van der Waals surface area contributed by atoms with Crippen LogP contribution in [0, 0.1) is 13.8 Å². The summed E-state index contributed by atoms with van der Waals surface area (Å²) in [4.78, 5) is 14.7. The lowest BCUT2D eigenvalue weighted by molar-refractivity contribution is -0.137. The second kappa shape index (κ2) is 9.74. The minimum Gasteiger partial charge on any atom is -0.421 e. The second-order valence-corrected chi connectivity index (χ2v) is 8.25. The molecule has 0 N–H and O–H groups in total. The smallest absolute Gasteiger partial charge is 0.416 e. The largest absolute Gasteiger partial charge is 0.421 e. The van der Waals surface area contributed by atoms with Crippen molar-refractivity contribution < 1.29 is 22.4 Å². The Morgan fingerprint density at radius 3 is 2.14 bits per heavy atom. The number of alkyl halides is 3. The van der Waals surface area contributed by atoms with E-state index in [2.05, 4.69) is 10.2 Å². The molecule has 4 rings (SSSR count). The third-order valence-corrected chi connectivity index (χ3v) is 5.78. The van der Waals surface area contributed by atoms with Gasteiger partial charge in [0.15, 0.2) is 0 Å². The summed E-state index contributed by atoms with van der Waals surface area (Å²) in [7, 11) is 0. The van der Waals surface area contributed by atoms with Crippen molar-refractivity contribution in [3.05, 3.63) is 94.9 Å². The molecule has 0 radical (unpaired) electrons. The number of benzene rings is 3. The number of hydrogen-bond acceptors (Lipinski definition) is 4. The highest BCUT2D eigenvalue weighted by Gasteiger charge is 2.30. The highest BCUT2D eigenvalue weighted by atomic mass is 19.4. The van der Waals surface area contributed by atoms with Gasteiger partial charge in [0.25, 0.3) is 5.91 Å². The SMILES string of the molecule is CCN(Cc1ccc(C(F)(F)F)cc1)C(=O)c1ccc(-c2cc(-c3nnc(C)o3)ccc2C)cc1. The molecule has 0 saturated carbocycles. The molecular formula is C27H24F3N3O2. The first-order chi connectivity index (χ1) is 16.7. The van der Waals surface area contributed by atoms with Gasteiger partial charge in [-0.1, -0.05) is 30.3 Å². The van der Waals surface area contributed by atoms with Gasteiger partial charge in [0, 0.05) is 31.1 Å². The van der Waals surface area contributed by atoms with Crippen molar-refractivity contribution in [1.82, 2.24) is 15.1 Å². The maximum absolute atomic E-state index is 13.1. The Morgan fingerprint density at radius 2 is 1.57 bits per heavy atom. The van der Waals surface area contributed by atoms with Crippen LogP contribution in [0.15, 0.2) is 71.1 Å². The van der Waals surface area contributed by atoms with Crippen LogP contribution < -0.4 is 0 Å². The lowest BCUT2D eigenvalue weighted by Crippen LogP contribution is -2.30. The number of halogens is 3. The number of nitrogens with zero attached hydrogens (tertiary/aromatic N) is 3. The maximum atomic E-state index is 13.1. The number of carbonyl (C=O) groups excluding carboxylic acids is 1. The average molecular weight is 480 g/mol. The van der Waals surface area contributed by atoms with Gasteiger partial charge >= 0.3 is 6.18 Å². The van der Waals surface area contributed by atoms with Crippen LogP contribution in [0.2, 0.25) is 0 Å². The fourth-order valence-corrected chi connectivity index (χ4v) is 3.80. The molecule has 0 aliphatic carbocycles. The van der Waals surface area contributed by atoms with Crippen LogP contribution >= 0.6 is 0 Å². The van der Waals surface area contributed by atoms with E-state index in [4.69, 9.17) is 4.42 Å². The van der Waals surface area contributed by atoms with Crippen LogP contribution in [0.5, 0.6) is 0 Å². The third kappa shape index (κ3) is 5.42. The van der Waals surface area contributed by atoms with E-state index in [1.54, 1.807) is 24.0 Å². The quantitative estimate of drug-likeness (QED) is 0.309. The van der Waals surface area contributed by atoms with Gasteiger partial charge in [-0.25, -0.2) is 0 Å². The Balaban J connectivity index is 1.52. The van der Waals surface area contributed by atoms with Crippen LogP contribution in [-0.4, -0.2) is 27.5 Å². The minimum atomic E-state index is -4.39. The van der Waals surface area contributed by atoms with Gasteiger partial charge in [0.1, 0.15) is 0 Å². The molecule has 35 heavy (non-hydrogen) atoms. The molecule has 4 aromatic rings. The number of rotatable bonds is 6. The van der Waals surface area contributed by atoms with Crippen LogP contribution in [-0.2, 0) is 12.7 Å². The van der Waals surface area contributed by atoms with Crippen LogP contribution in [0.4, 0.5) is 13.2 Å². The molecule has 0 bridgehead atoms. The van der Waals surface area contributed by atoms with Crippen molar-refractivity contribution in [2.24, 2.45) is 0 Å². The Morgan fingerprint density at radius 1 is 0.914 bits per heavy atom. The number of amides is 1. The van der Waals surface area contributed by atoms with Crippen LogP contribution in [0.3, 0.4) is 0 Å². The molecule has 1 heterocycles. The summed E-state index contributed by atoms with van der Waals surface area (Å²) < 4.78 is 44.0. The summed E-state index contributed by atoms with van der Waals surface area (Å²) in [6.07, 6.45) is -4.39. The van der Waals surface area contributed by atoms with E-state index in [9.17, 15) is 18.0 Å². The lowest BCUT2D eigenvalue weighted by Gasteiger charge is -2.21. The third-order valence-electron chi connectivity index (χ3n) is 5.78. The average Bonchev–Trinajstić information content (AvgIpc) is 3.28. The summed E-state index contributed by atoms with van der Waals surface area (Å²) in [5.41, 5.74) is 4.20. The zero-order valence-corrected chi connectivity index (χ0v) is 19.6.